The molecule has 0 aromatic rings. The Bertz CT molecular complexity index is 522. The minimum absolute atomic E-state index is 0.290. The highest BCUT2D eigenvalue weighted by atomic mass is 16.2. The molecule has 0 aromatic heterocycles. The van der Waals surface area contributed by atoms with Crippen LogP contribution in [-0.4, -0.2) is 6.29 Å². The van der Waals surface area contributed by atoms with Gasteiger partial charge in [-0.05, 0) is 62.7 Å². The number of hydrogen-bond acceptors (Lipinski definition) is 1. The SMILES string of the molecule is CC1=C(/C=C/C(C)=C\C=C\C(C)=[13CH]\[13CH]=O)C(C)(C)CCC1. The van der Waals surface area contributed by atoms with Crippen LogP contribution >= 0.6 is 0 Å². The van der Waals surface area contributed by atoms with Crippen LogP contribution in [0.5, 0.6) is 0 Å². The largest absolute Gasteiger partial charge is 0.299 e. The van der Waals surface area contributed by atoms with Crippen LogP contribution in [0.1, 0.15) is 53.9 Å². The molecular formula is C20H28O. The minimum atomic E-state index is 0.290. The maximum Gasteiger partial charge on any atom is 0.143 e. The Hall–Kier alpha value is -1.63. The third kappa shape index (κ3) is 5.71. The van der Waals surface area contributed by atoms with E-state index >= 15 is 0 Å². The van der Waals surface area contributed by atoms with E-state index in [1.807, 2.05) is 19.1 Å². The van der Waals surface area contributed by atoms with Crippen molar-refractivity contribution in [1.29, 1.82) is 0 Å². The van der Waals surface area contributed by atoms with Crippen LogP contribution in [-0.2, 0) is 4.79 Å². The van der Waals surface area contributed by atoms with Crippen molar-refractivity contribution in [3.8, 4) is 0 Å². The summed E-state index contributed by atoms with van der Waals surface area (Å²) in [7, 11) is 0. The monoisotopic (exact) mass is 286 g/mol. The van der Waals surface area contributed by atoms with Gasteiger partial charge in [0, 0.05) is 0 Å². The van der Waals surface area contributed by atoms with Gasteiger partial charge in [-0.15, -0.1) is 0 Å². The Morgan fingerprint density at radius 1 is 1.10 bits per heavy atom. The van der Waals surface area contributed by atoms with Gasteiger partial charge < -0.3 is 0 Å². The third-order valence-corrected chi connectivity index (χ3v) is 4.10. The van der Waals surface area contributed by atoms with E-state index in [4.69, 9.17) is 0 Å². The second-order valence-corrected chi connectivity index (χ2v) is 6.58. The molecule has 0 unspecified atom stereocenters. The molecule has 1 aliphatic rings. The van der Waals surface area contributed by atoms with E-state index in [1.165, 1.54) is 36.0 Å². The standard InChI is InChI=1S/C20H28O/c1-16(8-6-9-17(2)13-15-21)11-12-19-18(3)10-7-14-20(19,4)5/h6,8-9,11-13,15H,7,10,14H2,1-5H3/b9-6+,12-11+,16-8-,17-13+/i13+1,15+1. The highest BCUT2D eigenvalue weighted by Crippen LogP contribution is 2.40. The lowest BCUT2D eigenvalue weighted by atomic mass is 9.72. The Kier molecular flexibility index (Phi) is 6.61. The molecule has 0 amide bonds. The second-order valence-electron chi connectivity index (χ2n) is 6.58. The first-order valence-corrected chi connectivity index (χ1v) is 7.72. The smallest absolute Gasteiger partial charge is 0.143 e. The fourth-order valence-electron chi connectivity index (χ4n) is 2.80. The second kappa shape index (κ2) is 7.97. The molecule has 0 N–H and O–H groups in total. The molecule has 0 heterocycles. The normalized spacial score (nSPS) is 20.6. The summed E-state index contributed by atoms with van der Waals surface area (Å²) >= 11 is 0. The van der Waals surface area contributed by atoms with E-state index in [9.17, 15) is 4.79 Å². The molecule has 1 heteroatoms. The van der Waals surface area contributed by atoms with E-state index in [-0.39, 0.29) is 5.41 Å². The van der Waals surface area contributed by atoms with Crippen molar-refractivity contribution in [2.75, 3.05) is 0 Å². The lowest BCUT2D eigenvalue weighted by Crippen LogP contribution is -2.19. The molecule has 1 aliphatic carbocycles. The first-order valence-electron chi connectivity index (χ1n) is 7.72. The summed E-state index contributed by atoms with van der Waals surface area (Å²) in [4.78, 5) is 10.3. The van der Waals surface area contributed by atoms with Crippen molar-refractivity contribution in [1.82, 2.24) is 0 Å². The molecule has 0 aliphatic heterocycles. The summed E-state index contributed by atoms with van der Waals surface area (Å²) in [5.74, 6) is 0. The van der Waals surface area contributed by atoms with Crippen LogP contribution < -0.4 is 0 Å². The maximum absolute atomic E-state index is 10.3. The van der Waals surface area contributed by atoms with E-state index in [0.717, 1.165) is 11.9 Å². The van der Waals surface area contributed by atoms with Gasteiger partial charge in [0.2, 0.25) is 0 Å². The number of hydrogen-bond donors (Lipinski definition) is 0. The van der Waals surface area contributed by atoms with Crippen LogP contribution in [0.25, 0.3) is 0 Å². The van der Waals surface area contributed by atoms with Crippen molar-refractivity contribution >= 4 is 6.29 Å². The van der Waals surface area contributed by atoms with E-state index in [1.54, 1.807) is 6.08 Å². The molecule has 21 heavy (non-hydrogen) atoms. The van der Waals surface area contributed by atoms with Crippen LogP contribution in [0.4, 0.5) is 0 Å². The lowest BCUT2D eigenvalue weighted by molar-refractivity contribution is -0.104. The van der Waals surface area contributed by atoms with E-state index in [0.29, 0.717) is 0 Å². The predicted molar refractivity (Wildman–Crippen MR) is 92.2 cm³/mol. The molecule has 0 atom stereocenters. The minimum Gasteiger partial charge on any atom is -0.299 e. The topological polar surface area (TPSA) is 17.1 Å². The Morgan fingerprint density at radius 3 is 2.38 bits per heavy atom. The third-order valence-electron chi connectivity index (χ3n) is 4.10. The van der Waals surface area contributed by atoms with E-state index < -0.39 is 0 Å². The molecule has 114 valence electrons. The van der Waals surface area contributed by atoms with Crippen molar-refractivity contribution < 1.29 is 4.79 Å². The lowest BCUT2D eigenvalue weighted by Gasteiger charge is -2.32. The van der Waals surface area contributed by atoms with Crippen molar-refractivity contribution in [3.05, 3.63) is 58.7 Å². The van der Waals surface area contributed by atoms with Crippen LogP contribution in [0.2, 0.25) is 0 Å². The van der Waals surface area contributed by atoms with Gasteiger partial charge in [0.1, 0.15) is 6.29 Å². The predicted octanol–water partition coefficient (Wildman–Crippen LogP) is 5.72. The molecule has 0 fully saturated rings. The van der Waals surface area contributed by atoms with Gasteiger partial charge >= 0.3 is 0 Å². The molecule has 0 spiro atoms. The van der Waals surface area contributed by atoms with Gasteiger partial charge in [-0.2, -0.15) is 0 Å². The summed E-state index contributed by atoms with van der Waals surface area (Å²) in [5.41, 5.74) is 5.48. The molecule has 1 nitrogen and oxygen atoms in total. The van der Waals surface area contributed by atoms with Crippen LogP contribution in [0, 0.1) is 5.41 Å². The molecule has 1 rings (SSSR count). The molecule has 0 aromatic carbocycles. The highest BCUT2D eigenvalue weighted by Gasteiger charge is 2.26. The molecule has 0 saturated heterocycles. The maximum atomic E-state index is 10.3. The fraction of sp³-hybridized carbons (Fsp3) is 0.450. The Morgan fingerprint density at radius 2 is 1.76 bits per heavy atom. The average molecular weight is 286 g/mol. The summed E-state index contributed by atoms with van der Waals surface area (Å²) in [6.07, 6.45) is 16.6. The van der Waals surface area contributed by atoms with Crippen molar-refractivity contribution in [3.63, 3.8) is 0 Å². The van der Waals surface area contributed by atoms with Gasteiger partial charge in [0.25, 0.3) is 0 Å². The molecule has 0 saturated carbocycles. The van der Waals surface area contributed by atoms with Crippen LogP contribution in [0.15, 0.2) is 58.7 Å². The molecular weight excluding hydrogens is 258 g/mol. The molecule has 0 radical (unpaired) electrons. The number of aldehydes is 1. The van der Waals surface area contributed by atoms with Crippen LogP contribution in [0.3, 0.4) is 0 Å². The summed E-state index contributed by atoms with van der Waals surface area (Å²) in [5, 5.41) is 0. The van der Waals surface area contributed by atoms with Crippen molar-refractivity contribution in [2.45, 2.75) is 53.9 Å². The first kappa shape index (κ1) is 17.4. The zero-order valence-electron chi connectivity index (χ0n) is 14.1. The van der Waals surface area contributed by atoms with E-state index in [2.05, 4.69) is 45.9 Å². The number of rotatable bonds is 5. The number of allylic oxidation sites excluding steroid dienone is 10. The Labute approximate surface area is 129 Å². The zero-order valence-corrected chi connectivity index (χ0v) is 14.1. The highest BCUT2D eigenvalue weighted by molar-refractivity contribution is 5.66. The number of carbonyl (C=O) groups excluding carboxylic acids is 1. The van der Waals surface area contributed by atoms with Gasteiger partial charge in [-0.1, -0.05) is 55.4 Å². The van der Waals surface area contributed by atoms with Crippen molar-refractivity contribution in [2.24, 2.45) is 5.41 Å². The van der Waals surface area contributed by atoms with Gasteiger partial charge in [0.05, 0.1) is 0 Å². The quantitative estimate of drug-likeness (QED) is 0.273. The average Bonchev–Trinajstić information content (AvgIpc) is 2.37. The van der Waals surface area contributed by atoms with Gasteiger partial charge in [-0.3, -0.25) is 4.79 Å². The van der Waals surface area contributed by atoms with Gasteiger partial charge in [-0.25, -0.2) is 0 Å². The molecule has 0 bridgehead atoms. The summed E-state index contributed by atoms with van der Waals surface area (Å²) in [6.45, 7) is 10.9. The summed E-state index contributed by atoms with van der Waals surface area (Å²) < 4.78 is 0. The fourth-order valence-corrected chi connectivity index (χ4v) is 2.80. The van der Waals surface area contributed by atoms with Gasteiger partial charge in [0.15, 0.2) is 0 Å². The zero-order chi connectivity index (χ0) is 15.9. The summed E-state index contributed by atoms with van der Waals surface area (Å²) in [6, 6.07) is 0. The Balaban J connectivity index is 2.80. The number of carbonyl (C=O) groups is 1. The first-order chi connectivity index (χ1) is 9.86.